The van der Waals surface area contributed by atoms with Crippen LogP contribution in [-0.2, 0) is 45.9 Å². The largest absolute Gasteiger partial charge is 2.00 e. The van der Waals surface area contributed by atoms with Gasteiger partial charge in [0.25, 0.3) is 0 Å². The molecule has 0 saturated carbocycles. The van der Waals surface area contributed by atoms with E-state index in [9.17, 15) is 25.9 Å². The molecule has 9 heteroatoms. The first-order valence-electron chi connectivity index (χ1n) is 35.9. The van der Waals surface area contributed by atoms with Crippen molar-refractivity contribution in [3.8, 4) is 0 Å². The Morgan fingerprint density at radius 2 is 0.447 bits per heavy atom. The maximum atomic E-state index is 12.0. The van der Waals surface area contributed by atoms with Crippen LogP contribution in [0.2, 0.25) is 0 Å². The van der Waals surface area contributed by atoms with Crippen LogP contribution in [0.5, 0.6) is 0 Å². The van der Waals surface area contributed by atoms with Gasteiger partial charge in [-0.25, -0.2) is 16.8 Å². The predicted octanol–water partition coefficient (Wildman–Crippen LogP) is 24.1. The predicted molar refractivity (Wildman–Crippen MR) is 369 cm³/mol. The van der Waals surface area contributed by atoms with Gasteiger partial charge < -0.3 is 9.11 Å². The molecule has 0 aliphatic rings. The number of aryl methyl sites for hydroxylation is 4. The van der Waals surface area contributed by atoms with Crippen molar-refractivity contribution in [2.24, 2.45) is 0 Å². The monoisotopic (exact) mass is 1340 g/mol. The number of benzene rings is 4. The second-order valence-electron chi connectivity index (χ2n) is 25.7. The summed E-state index contributed by atoms with van der Waals surface area (Å²) in [6.07, 6.45) is 67.8. The summed E-state index contributed by atoms with van der Waals surface area (Å²) in [6, 6.07) is 19.0. The van der Waals surface area contributed by atoms with Gasteiger partial charge in [-0.2, -0.15) is 0 Å². The second kappa shape index (κ2) is 52.4. The van der Waals surface area contributed by atoms with Gasteiger partial charge in [0.1, 0.15) is 20.2 Å². The molecule has 480 valence electrons. The minimum Gasteiger partial charge on any atom is -0.744 e. The van der Waals surface area contributed by atoms with Crippen molar-refractivity contribution in [3.05, 3.63) is 82.9 Å². The zero-order valence-corrected chi connectivity index (χ0v) is 61.6. The van der Waals surface area contributed by atoms with Gasteiger partial charge >= 0.3 is 48.9 Å². The molecule has 0 aromatic heterocycles. The molecule has 0 bridgehead atoms. The van der Waals surface area contributed by atoms with Crippen LogP contribution >= 0.6 is 0 Å². The molecule has 0 amide bonds. The van der Waals surface area contributed by atoms with Crippen LogP contribution in [0.25, 0.3) is 21.5 Å². The molecule has 0 heterocycles. The molecule has 0 radical (unpaired) electrons. The Balaban J connectivity index is 0.000000573. The van der Waals surface area contributed by atoms with Crippen molar-refractivity contribution in [2.75, 3.05) is 0 Å². The van der Waals surface area contributed by atoms with Crippen molar-refractivity contribution in [1.82, 2.24) is 0 Å². The van der Waals surface area contributed by atoms with E-state index in [1.165, 1.54) is 317 Å². The molecule has 4 rings (SSSR count). The molecule has 0 atom stereocenters. The summed E-state index contributed by atoms with van der Waals surface area (Å²) in [7, 11) is -8.99. The molecule has 4 aromatic rings. The Bertz CT molecular complexity index is 2300. The van der Waals surface area contributed by atoms with E-state index in [0.29, 0.717) is 10.8 Å². The average Bonchev–Trinajstić information content (AvgIpc) is 1.45. The van der Waals surface area contributed by atoms with Crippen molar-refractivity contribution >= 4 is 90.7 Å². The average molecular weight is 1340 g/mol. The van der Waals surface area contributed by atoms with Gasteiger partial charge in [-0.1, -0.05) is 359 Å². The minimum absolute atomic E-state index is 0. The Kier molecular flexibility index (Phi) is 49.3. The van der Waals surface area contributed by atoms with E-state index in [1.54, 1.807) is 0 Å². The first-order valence-corrected chi connectivity index (χ1v) is 38.8. The topological polar surface area (TPSA) is 114 Å². The molecule has 0 aliphatic heterocycles. The van der Waals surface area contributed by atoms with Crippen LogP contribution in [0.15, 0.2) is 70.5 Å². The summed E-state index contributed by atoms with van der Waals surface area (Å²) in [5.41, 5.74) is 4.87. The van der Waals surface area contributed by atoms with Gasteiger partial charge in [-0.3, -0.25) is 0 Å². The summed E-state index contributed by atoms with van der Waals surface area (Å²) >= 11 is 0. The fourth-order valence-electron chi connectivity index (χ4n) is 12.7. The molecular weight excluding hydrogens is 1210 g/mol. The van der Waals surface area contributed by atoms with Crippen LogP contribution in [0.1, 0.15) is 358 Å². The standard InChI is InChI=1S/2C38H64O3S.Ba/c2*1-3-5-7-9-11-13-15-17-19-21-23-25-27-34-29-31-36-37(33-34)35(30-32-38(36)42(39,40)41)28-26-24-22-20-18-16-14-12-10-8-6-4-2;/h2*29-33H,3-28H2,1-2H3,(H,39,40,41);/q;;+2/p-2. The summed E-state index contributed by atoms with van der Waals surface area (Å²) in [4.78, 5) is -0.152. The Labute approximate surface area is 565 Å². The van der Waals surface area contributed by atoms with E-state index in [1.807, 2.05) is 36.4 Å². The molecule has 4 aromatic carbocycles. The number of unbranched alkanes of at least 4 members (excludes halogenated alkanes) is 44. The molecule has 0 unspecified atom stereocenters. The number of hydrogen-bond acceptors (Lipinski definition) is 6. The molecule has 0 N–H and O–H groups in total. The molecule has 0 spiro atoms. The van der Waals surface area contributed by atoms with Crippen LogP contribution in [0.4, 0.5) is 0 Å². The van der Waals surface area contributed by atoms with Crippen molar-refractivity contribution in [1.29, 1.82) is 0 Å². The number of fused-ring (bicyclic) bond motifs is 2. The third kappa shape index (κ3) is 38.3. The zero-order valence-electron chi connectivity index (χ0n) is 55.5. The summed E-state index contributed by atoms with van der Waals surface area (Å²) < 4.78 is 71.7. The maximum absolute atomic E-state index is 12.0. The van der Waals surface area contributed by atoms with E-state index in [2.05, 4.69) is 39.8 Å². The molecule has 85 heavy (non-hydrogen) atoms. The van der Waals surface area contributed by atoms with Crippen molar-refractivity contribution in [2.45, 2.75) is 371 Å². The molecule has 0 fully saturated rings. The normalized spacial score (nSPS) is 11.8. The number of hydrogen-bond donors (Lipinski definition) is 0. The van der Waals surface area contributed by atoms with Gasteiger partial charge in [0, 0.05) is 0 Å². The van der Waals surface area contributed by atoms with Gasteiger partial charge in [0.05, 0.1) is 9.79 Å². The molecule has 6 nitrogen and oxygen atoms in total. The third-order valence-corrected chi connectivity index (χ3v) is 19.8. The first-order chi connectivity index (χ1) is 40.9. The van der Waals surface area contributed by atoms with E-state index < -0.39 is 20.2 Å². The van der Waals surface area contributed by atoms with Crippen LogP contribution < -0.4 is 0 Å². The van der Waals surface area contributed by atoms with E-state index in [0.717, 1.165) is 62.1 Å². The second-order valence-corrected chi connectivity index (χ2v) is 28.4. The number of rotatable bonds is 54. The van der Waals surface area contributed by atoms with Crippen molar-refractivity contribution < 1.29 is 25.9 Å². The quantitative estimate of drug-likeness (QED) is 0.0247. The Hall–Kier alpha value is -1.21. The van der Waals surface area contributed by atoms with Crippen LogP contribution in [0.3, 0.4) is 0 Å². The van der Waals surface area contributed by atoms with E-state index in [4.69, 9.17) is 0 Å². The fourth-order valence-corrected chi connectivity index (χ4v) is 14.1. The summed E-state index contributed by atoms with van der Waals surface area (Å²) in [5.74, 6) is 0. The van der Waals surface area contributed by atoms with E-state index >= 15 is 0 Å². The molecular formula is C76H126BaO6S2. The smallest absolute Gasteiger partial charge is 0.744 e. The summed E-state index contributed by atoms with van der Waals surface area (Å²) in [5, 5.41) is 3.12. The Morgan fingerprint density at radius 3 is 0.659 bits per heavy atom. The van der Waals surface area contributed by atoms with Gasteiger partial charge in [0.2, 0.25) is 0 Å². The third-order valence-electron chi connectivity index (χ3n) is 18.0. The Morgan fingerprint density at radius 1 is 0.247 bits per heavy atom. The van der Waals surface area contributed by atoms with E-state index in [-0.39, 0.29) is 58.7 Å². The van der Waals surface area contributed by atoms with Gasteiger partial charge in [-0.15, -0.1) is 0 Å². The molecule has 0 aliphatic carbocycles. The van der Waals surface area contributed by atoms with Gasteiger partial charge in [0.15, 0.2) is 0 Å². The zero-order chi connectivity index (χ0) is 60.6. The maximum Gasteiger partial charge on any atom is 2.00 e. The van der Waals surface area contributed by atoms with Crippen molar-refractivity contribution in [3.63, 3.8) is 0 Å². The minimum atomic E-state index is -4.50. The SMILES string of the molecule is CCCCCCCCCCCCCCc1ccc2c(S(=O)(=O)[O-])ccc(CCCCCCCCCCCCCC)c2c1.CCCCCCCCCCCCCCc1ccc2c(S(=O)(=O)[O-])ccc(CCCCCCCCCCCCCC)c2c1.[Ba+2]. The first kappa shape index (κ1) is 79.9. The van der Waals surface area contributed by atoms with Crippen LogP contribution in [-0.4, -0.2) is 74.8 Å². The van der Waals surface area contributed by atoms with Crippen LogP contribution in [0, 0.1) is 0 Å². The van der Waals surface area contributed by atoms with Gasteiger partial charge in [-0.05, 0) is 107 Å². The summed E-state index contributed by atoms with van der Waals surface area (Å²) in [6.45, 7) is 9.09. The molecule has 0 saturated heterocycles. The fraction of sp³-hybridized carbons (Fsp3) is 0.737.